The maximum absolute atomic E-state index is 11.5. The molecule has 0 saturated heterocycles. The van der Waals surface area contributed by atoms with Crippen LogP contribution < -0.4 is 10.5 Å². The average molecular weight is 272 g/mol. The van der Waals surface area contributed by atoms with Crippen molar-refractivity contribution in [2.45, 2.75) is 13.5 Å². The first-order valence-electron chi connectivity index (χ1n) is 6.29. The number of nitrogen functional groups attached to an aromatic ring is 1. The van der Waals surface area contributed by atoms with Gasteiger partial charge in [-0.15, -0.1) is 0 Å². The zero-order chi connectivity index (χ0) is 14.4. The number of hydrogen-bond donors (Lipinski definition) is 1. The van der Waals surface area contributed by atoms with Crippen molar-refractivity contribution in [2.24, 2.45) is 0 Å². The minimum atomic E-state index is -0.384. The normalized spacial score (nSPS) is 10.1. The van der Waals surface area contributed by atoms with Crippen LogP contribution in [0.15, 0.2) is 42.6 Å². The number of hydrogen-bond acceptors (Lipinski definition) is 5. The summed E-state index contributed by atoms with van der Waals surface area (Å²) in [7, 11) is 0. The summed E-state index contributed by atoms with van der Waals surface area (Å²) in [5.74, 6) is 0.0694. The summed E-state index contributed by atoms with van der Waals surface area (Å²) in [5.41, 5.74) is 7.72. The molecule has 1 aromatic carbocycles. The van der Waals surface area contributed by atoms with E-state index < -0.39 is 0 Å². The lowest BCUT2D eigenvalue weighted by atomic mass is 10.2. The Morgan fingerprint density at radius 2 is 1.95 bits per heavy atom. The molecule has 2 rings (SSSR count). The fourth-order valence-electron chi connectivity index (χ4n) is 1.57. The minimum Gasteiger partial charge on any atom is -0.473 e. The second kappa shape index (κ2) is 6.56. The Bertz CT molecular complexity index is 565. The number of benzene rings is 1. The van der Waals surface area contributed by atoms with Crippen LogP contribution in [0.3, 0.4) is 0 Å². The van der Waals surface area contributed by atoms with Gasteiger partial charge < -0.3 is 15.2 Å². The number of carbonyl (C=O) groups is 1. The van der Waals surface area contributed by atoms with Gasteiger partial charge in [-0.1, -0.05) is 12.1 Å². The number of rotatable bonds is 5. The van der Waals surface area contributed by atoms with Crippen molar-refractivity contribution in [1.82, 2.24) is 4.98 Å². The molecule has 1 aromatic heterocycles. The maximum Gasteiger partial charge on any atom is 0.339 e. The molecule has 0 aliphatic carbocycles. The Hall–Kier alpha value is -2.56. The van der Waals surface area contributed by atoms with Crippen LogP contribution in [0.5, 0.6) is 5.88 Å². The Kier molecular flexibility index (Phi) is 4.55. The van der Waals surface area contributed by atoms with Crippen LogP contribution in [-0.2, 0) is 11.3 Å². The SMILES string of the molecule is CCOC(=O)c1ccc(OCc2ccc(N)cc2)nc1. The molecule has 0 bridgehead atoms. The number of nitrogens with zero attached hydrogens (tertiary/aromatic N) is 1. The fourth-order valence-corrected chi connectivity index (χ4v) is 1.57. The Labute approximate surface area is 117 Å². The summed E-state index contributed by atoms with van der Waals surface area (Å²) in [6, 6.07) is 10.7. The minimum absolute atomic E-state index is 0.341. The molecule has 1 heterocycles. The molecule has 0 aliphatic heterocycles. The van der Waals surface area contributed by atoms with Crippen LogP contribution >= 0.6 is 0 Å². The average Bonchev–Trinajstić information content (AvgIpc) is 2.47. The third-order valence-corrected chi connectivity index (χ3v) is 2.61. The third kappa shape index (κ3) is 3.71. The highest BCUT2D eigenvalue weighted by molar-refractivity contribution is 5.89. The van der Waals surface area contributed by atoms with E-state index >= 15 is 0 Å². The summed E-state index contributed by atoms with van der Waals surface area (Å²) >= 11 is 0. The number of ether oxygens (including phenoxy) is 2. The summed E-state index contributed by atoms with van der Waals surface area (Å²) in [6.07, 6.45) is 1.44. The fraction of sp³-hybridized carbons (Fsp3) is 0.200. The molecule has 0 amide bonds. The molecule has 2 N–H and O–H groups in total. The first-order valence-corrected chi connectivity index (χ1v) is 6.29. The van der Waals surface area contributed by atoms with Crippen molar-refractivity contribution in [2.75, 3.05) is 12.3 Å². The molecule has 20 heavy (non-hydrogen) atoms. The van der Waals surface area contributed by atoms with Crippen LogP contribution in [0.2, 0.25) is 0 Å². The van der Waals surface area contributed by atoms with Gasteiger partial charge in [0.2, 0.25) is 5.88 Å². The molecular formula is C15H16N2O3. The van der Waals surface area contributed by atoms with Gasteiger partial charge in [0.1, 0.15) is 6.61 Å². The molecule has 0 spiro atoms. The van der Waals surface area contributed by atoms with E-state index in [1.807, 2.05) is 24.3 Å². The highest BCUT2D eigenvalue weighted by Crippen LogP contribution is 2.12. The highest BCUT2D eigenvalue weighted by atomic mass is 16.5. The standard InChI is InChI=1S/C15H16N2O3/c1-2-19-15(18)12-5-8-14(17-9-12)20-10-11-3-6-13(16)7-4-11/h3-9H,2,10,16H2,1H3. The van der Waals surface area contributed by atoms with Crippen molar-refractivity contribution < 1.29 is 14.3 Å². The van der Waals surface area contributed by atoms with Gasteiger partial charge in [-0.2, -0.15) is 0 Å². The second-order valence-corrected chi connectivity index (χ2v) is 4.14. The van der Waals surface area contributed by atoms with Crippen molar-refractivity contribution in [3.8, 4) is 5.88 Å². The first kappa shape index (κ1) is 13.9. The molecule has 0 aliphatic rings. The molecule has 0 saturated carbocycles. The highest BCUT2D eigenvalue weighted by Gasteiger charge is 2.06. The zero-order valence-corrected chi connectivity index (χ0v) is 11.2. The molecule has 0 fully saturated rings. The van der Waals surface area contributed by atoms with E-state index in [9.17, 15) is 4.79 Å². The molecule has 104 valence electrons. The predicted molar refractivity (Wildman–Crippen MR) is 75.4 cm³/mol. The number of carbonyl (C=O) groups excluding carboxylic acids is 1. The Balaban J connectivity index is 1.93. The van der Waals surface area contributed by atoms with Gasteiger partial charge in [-0.3, -0.25) is 0 Å². The van der Waals surface area contributed by atoms with Crippen molar-refractivity contribution in [1.29, 1.82) is 0 Å². The summed E-state index contributed by atoms with van der Waals surface area (Å²) in [6.45, 7) is 2.50. The van der Waals surface area contributed by atoms with Gasteiger partial charge in [0.05, 0.1) is 12.2 Å². The number of esters is 1. The quantitative estimate of drug-likeness (QED) is 0.668. The van der Waals surface area contributed by atoms with Gasteiger partial charge in [-0.25, -0.2) is 9.78 Å². The number of aromatic nitrogens is 1. The smallest absolute Gasteiger partial charge is 0.339 e. The third-order valence-electron chi connectivity index (χ3n) is 2.61. The molecule has 2 aromatic rings. The van der Waals surface area contributed by atoms with E-state index in [1.54, 1.807) is 19.1 Å². The van der Waals surface area contributed by atoms with Crippen molar-refractivity contribution >= 4 is 11.7 Å². The lowest BCUT2D eigenvalue weighted by Crippen LogP contribution is -2.05. The lowest BCUT2D eigenvalue weighted by molar-refractivity contribution is 0.0526. The Morgan fingerprint density at radius 1 is 1.20 bits per heavy atom. The van der Waals surface area contributed by atoms with Crippen LogP contribution in [0.1, 0.15) is 22.8 Å². The monoisotopic (exact) mass is 272 g/mol. The van der Waals surface area contributed by atoms with Gasteiger partial charge in [0.25, 0.3) is 0 Å². The first-order chi connectivity index (χ1) is 9.69. The summed E-state index contributed by atoms with van der Waals surface area (Å²) in [4.78, 5) is 15.5. The molecule has 0 atom stereocenters. The van der Waals surface area contributed by atoms with E-state index in [0.29, 0.717) is 30.3 Å². The van der Waals surface area contributed by atoms with Crippen molar-refractivity contribution in [3.05, 3.63) is 53.7 Å². The predicted octanol–water partition coefficient (Wildman–Crippen LogP) is 2.42. The van der Waals surface area contributed by atoms with E-state index in [2.05, 4.69) is 4.98 Å². The summed E-state index contributed by atoms with van der Waals surface area (Å²) in [5, 5.41) is 0. The van der Waals surface area contributed by atoms with Crippen LogP contribution in [0, 0.1) is 0 Å². The topological polar surface area (TPSA) is 74.4 Å². The van der Waals surface area contributed by atoms with Crippen LogP contribution in [-0.4, -0.2) is 17.6 Å². The molecule has 5 heteroatoms. The lowest BCUT2D eigenvalue weighted by Gasteiger charge is -2.06. The van der Waals surface area contributed by atoms with E-state index in [1.165, 1.54) is 6.20 Å². The Morgan fingerprint density at radius 3 is 2.55 bits per heavy atom. The number of anilines is 1. The van der Waals surface area contributed by atoms with Crippen LogP contribution in [0.4, 0.5) is 5.69 Å². The van der Waals surface area contributed by atoms with E-state index in [0.717, 1.165) is 5.56 Å². The molecule has 0 radical (unpaired) electrons. The van der Waals surface area contributed by atoms with Gasteiger partial charge in [0, 0.05) is 18.0 Å². The number of nitrogens with two attached hydrogens (primary N) is 1. The summed E-state index contributed by atoms with van der Waals surface area (Å²) < 4.78 is 10.4. The second-order valence-electron chi connectivity index (χ2n) is 4.14. The van der Waals surface area contributed by atoms with Gasteiger partial charge in [-0.05, 0) is 30.7 Å². The molecule has 5 nitrogen and oxygen atoms in total. The van der Waals surface area contributed by atoms with Crippen LogP contribution in [0.25, 0.3) is 0 Å². The molecule has 0 unspecified atom stereocenters. The van der Waals surface area contributed by atoms with E-state index in [4.69, 9.17) is 15.2 Å². The van der Waals surface area contributed by atoms with E-state index in [-0.39, 0.29) is 5.97 Å². The maximum atomic E-state index is 11.5. The molecular weight excluding hydrogens is 256 g/mol. The van der Waals surface area contributed by atoms with Gasteiger partial charge in [0.15, 0.2) is 0 Å². The van der Waals surface area contributed by atoms with Crippen molar-refractivity contribution in [3.63, 3.8) is 0 Å². The number of pyridine rings is 1. The van der Waals surface area contributed by atoms with Gasteiger partial charge >= 0.3 is 5.97 Å². The largest absolute Gasteiger partial charge is 0.473 e. The zero-order valence-electron chi connectivity index (χ0n) is 11.2.